The Morgan fingerprint density at radius 1 is 1.30 bits per heavy atom. The second-order valence-corrected chi connectivity index (χ2v) is 4.62. The number of thiocarbonyl (C=S) groups is 1. The third-order valence-corrected chi connectivity index (χ3v) is 2.94. The standard InChI is InChI=1S/C14H15N3O2S/c15-14(20)11-4-6-12(7-5-11)19-10-2-9-17-13(18)3-1-8-16-17/h1,3-8H,2,9-10H2,(H2,15,20). The first-order chi connectivity index (χ1) is 9.66. The van der Waals surface area contributed by atoms with Crippen LogP contribution in [0.15, 0.2) is 47.4 Å². The van der Waals surface area contributed by atoms with Crippen molar-refractivity contribution in [3.63, 3.8) is 0 Å². The van der Waals surface area contributed by atoms with E-state index in [-0.39, 0.29) is 5.56 Å². The highest BCUT2D eigenvalue weighted by atomic mass is 32.1. The molecule has 5 nitrogen and oxygen atoms in total. The maximum atomic E-state index is 11.4. The van der Waals surface area contributed by atoms with Gasteiger partial charge in [0.1, 0.15) is 10.7 Å². The van der Waals surface area contributed by atoms with Crippen LogP contribution in [0.3, 0.4) is 0 Å². The van der Waals surface area contributed by atoms with Crippen molar-refractivity contribution in [2.24, 2.45) is 5.73 Å². The summed E-state index contributed by atoms with van der Waals surface area (Å²) in [7, 11) is 0. The lowest BCUT2D eigenvalue weighted by atomic mass is 10.2. The molecular weight excluding hydrogens is 274 g/mol. The minimum absolute atomic E-state index is 0.103. The van der Waals surface area contributed by atoms with E-state index in [0.717, 1.165) is 11.3 Å². The van der Waals surface area contributed by atoms with Crippen molar-refractivity contribution in [3.8, 4) is 5.75 Å². The Morgan fingerprint density at radius 3 is 2.70 bits per heavy atom. The number of benzene rings is 1. The topological polar surface area (TPSA) is 70.1 Å². The summed E-state index contributed by atoms with van der Waals surface area (Å²) in [6.07, 6.45) is 2.30. The summed E-state index contributed by atoms with van der Waals surface area (Å²) in [6.45, 7) is 1.04. The normalized spacial score (nSPS) is 10.2. The zero-order valence-electron chi connectivity index (χ0n) is 10.9. The molecule has 0 spiro atoms. The predicted molar refractivity (Wildman–Crippen MR) is 80.9 cm³/mol. The van der Waals surface area contributed by atoms with E-state index in [1.807, 2.05) is 24.3 Å². The van der Waals surface area contributed by atoms with Gasteiger partial charge < -0.3 is 10.5 Å². The molecule has 0 saturated heterocycles. The van der Waals surface area contributed by atoms with Gasteiger partial charge in [-0.05, 0) is 30.3 Å². The minimum Gasteiger partial charge on any atom is -0.494 e. The van der Waals surface area contributed by atoms with Gasteiger partial charge in [0.05, 0.1) is 6.61 Å². The summed E-state index contributed by atoms with van der Waals surface area (Å²) in [6, 6.07) is 10.4. The van der Waals surface area contributed by atoms with Crippen LogP contribution in [0.1, 0.15) is 12.0 Å². The summed E-state index contributed by atoms with van der Waals surface area (Å²) >= 11 is 4.88. The molecule has 0 aliphatic rings. The molecule has 1 heterocycles. The van der Waals surface area contributed by atoms with Crippen LogP contribution >= 0.6 is 12.2 Å². The quantitative estimate of drug-likeness (QED) is 0.642. The van der Waals surface area contributed by atoms with Crippen molar-refractivity contribution in [1.82, 2.24) is 9.78 Å². The van der Waals surface area contributed by atoms with Gasteiger partial charge in [0.2, 0.25) is 0 Å². The number of ether oxygens (including phenoxy) is 1. The zero-order valence-corrected chi connectivity index (χ0v) is 11.7. The van der Waals surface area contributed by atoms with Gasteiger partial charge in [-0.2, -0.15) is 5.10 Å². The SMILES string of the molecule is NC(=S)c1ccc(OCCCn2ncccc2=O)cc1. The van der Waals surface area contributed by atoms with Crippen LogP contribution in [0, 0.1) is 0 Å². The van der Waals surface area contributed by atoms with E-state index in [1.54, 1.807) is 12.3 Å². The summed E-state index contributed by atoms with van der Waals surface area (Å²) in [4.78, 5) is 11.8. The van der Waals surface area contributed by atoms with E-state index in [2.05, 4.69) is 5.10 Å². The number of aryl methyl sites for hydroxylation is 1. The fraction of sp³-hybridized carbons (Fsp3) is 0.214. The fourth-order valence-electron chi connectivity index (χ4n) is 1.67. The lowest BCUT2D eigenvalue weighted by molar-refractivity contribution is 0.297. The number of aromatic nitrogens is 2. The van der Waals surface area contributed by atoms with Gasteiger partial charge in [0, 0.05) is 30.8 Å². The minimum atomic E-state index is -0.103. The lowest BCUT2D eigenvalue weighted by Crippen LogP contribution is -2.22. The Bertz CT molecular complexity index is 637. The van der Waals surface area contributed by atoms with E-state index in [4.69, 9.17) is 22.7 Å². The maximum Gasteiger partial charge on any atom is 0.266 e. The molecule has 0 unspecified atom stereocenters. The first-order valence-electron chi connectivity index (χ1n) is 6.21. The lowest BCUT2D eigenvalue weighted by Gasteiger charge is -2.07. The molecular formula is C14H15N3O2S. The zero-order chi connectivity index (χ0) is 14.4. The highest BCUT2D eigenvalue weighted by Crippen LogP contribution is 2.12. The van der Waals surface area contributed by atoms with Gasteiger partial charge in [-0.25, -0.2) is 4.68 Å². The van der Waals surface area contributed by atoms with Crippen molar-refractivity contribution in [2.75, 3.05) is 6.61 Å². The third kappa shape index (κ3) is 3.89. The molecule has 104 valence electrons. The fourth-order valence-corrected chi connectivity index (χ4v) is 1.81. The van der Waals surface area contributed by atoms with Crippen molar-refractivity contribution >= 4 is 17.2 Å². The highest BCUT2D eigenvalue weighted by Gasteiger charge is 1.99. The number of hydrogen-bond acceptors (Lipinski definition) is 4. The molecule has 0 radical (unpaired) electrons. The van der Waals surface area contributed by atoms with E-state index in [9.17, 15) is 4.79 Å². The smallest absolute Gasteiger partial charge is 0.266 e. The third-order valence-electron chi connectivity index (χ3n) is 2.71. The van der Waals surface area contributed by atoms with E-state index in [0.29, 0.717) is 24.6 Å². The summed E-state index contributed by atoms with van der Waals surface area (Å²) in [5, 5.41) is 3.97. The predicted octanol–water partition coefficient (Wildman–Crippen LogP) is 1.35. The van der Waals surface area contributed by atoms with Crippen LogP contribution in [0.2, 0.25) is 0 Å². The van der Waals surface area contributed by atoms with Gasteiger partial charge in [-0.3, -0.25) is 4.79 Å². The van der Waals surface area contributed by atoms with Gasteiger partial charge >= 0.3 is 0 Å². The van der Waals surface area contributed by atoms with Crippen LogP contribution < -0.4 is 16.0 Å². The summed E-state index contributed by atoms with van der Waals surface area (Å²) < 4.78 is 6.99. The molecule has 1 aromatic carbocycles. The van der Waals surface area contributed by atoms with Gasteiger partial charge in [-0.15, -0.1) is 0 Å². The Kier molecular flexibility index (Phi) is 4.84. The Morgan fingerprint density at radius 2 is 2.05 bits per heavy atom. The molecule has 0 aliphatic heterocycles. The molecule has 2 rings (SSSR count). The van der Waals surface area contributed by atoms with Crippen molar-refractivity contribution in [2.45, 2.75) is 13.0 Å². The first kappa shape index (κ1) is 14.2. The number of rotatable bonds is 6. The average Bonchev–Trinajstić information content (AvgIpc) is 2.46. The molecule has 0 fully saturated rings. The average molecular weight is 289 g/mol. The second-order valence-electron chi connectivity index (χ2n) is 4.18. The Balaban J connectivity index is 1.80. The van der Waals surface area contributed by atoms with Gasteiger partial charge in [0.25, 0.3) is 5.56 Å². The van der Waals surface area contributed by atoms with Crippen molar-refractivity contribution in [3.05, 3.63) is 58.5 Å². The van der Waals surface area contributed by atoms with E-state index < -0.39 is 0 Å². The molecule has 0 atom stereocenters. The molecule has 2 N–H and O–H groups in total. The summed E-state index contributed by atoms with van der Waals surface area (Å²) in [5.74, 6) is 0.748. The van der Waals surface area contributed by atoms with Crippen molar-refractivity contribution < 1.29 is 4.74 Å². The molecule has 1 aromatic heterocycles. The number of nitrogens with two attached hydrogens (primary N) is 1. The first-order valence-corrected chi connectivity index (χ1v) is 6.62. The second kappa shape index (κ2) is 6.81. The number of nitrogens with zero attached hydrogens (tertiary/aromatic N) is 2. The Hall–Kier alpha value is -2.21. The molecule has 0 amide bonds. The van der Waals surface area contributed by atoms with Gasteiger partial charge in [0.15, 0.2) is 0 Å². The maximum absolute atomic E-state index is 11.4. The van der Waals surface area contributed by atoms with Crippen LogP contribution in [-0.4, -0.2) is 21.4 Å². The number of hydrogen-bond donors (Lipinski definition) is 1. The molecule has 2 aromatic rings. The summed E-state index contributed by atoms with van der Waals surface area (Å²) in [5.41, 5.74) is 6.22. The largest absolute Gasteiger partial charge is 0.494 e. The molecule has 20 heavy (non-hydrogen) atoms. The van der Waals surface area contributed by atoms with E-state index >= 15 is 0 Å². The van der Waals surface area contributed by atoms with Crippen LogP contribution in [0.5, 0.6) is 5.75 Å². The monoisotopic (exact) mass is 289 g/mol. The Labute approximate surface area is 122 Å². The van der Waals surface area contributed by atoms with E-state index in [1.165, 1.54) is 10.7 Å². The molecule has 0 bridgehead atoms. The molecule has 0 saturated carbocycles. The highest BCUT2D eigenvalue weighted by molar-refractivity contribution is 7.80. The molecule has 0 aliphatic carbocycles. The van der Waals surface area contributed by atoms with Crippen molar-refractivity contribution in [1.29, 1.82) is 0 Å². The molecule has 6 heteroatoms. The van der Waals surface area contributed by atoms with Crippen LogP contribution in [-0.2, 0) is 6.54 Å². The van der Waals surface area contributed by atoms with Crippen LogP contribution in [0.25, 0.3) is 0 Å². The van der Waals surface area contributed by atoms with Crippen LogP contribution in [0.4, 0.5) is 0 Å². The van der Waals surface area contributed by atoms with Gasteiger partial charge in [-0.1, -0.05) is 12.2 Å².